The van der Waals surface area contributed by atoms with E-state index < -0.39 is 0 Å². The maximum Gasteiger partial charge on any atom is 0.164 e. The Balaban J connectivity index is 1.84. The number of hydrogen-bond donors (Lipinski definition) is 1. The molecule has 4 aromatic heterocycles. The normalized spacial score (nSPS) is 11.4. The van der Waals surface area contributed by atoms with Crippen LogP contribution in [-0.2, 0) is 7.05 Å². The number of hydrogen-bond acceptors (Lipinski definition) is 6. The Morgan fingerprint density at radius 2 is 1.96 bits per heavy atom. The van der Waals surface area contributed by atoms with Gasteiger partial charge in [0.25, 0.3) is 0 Å². The van der Waals surface area contributed by atoms with Crippen molar-refractivity contribution in [2.24, 2.45) is 7.05 Å². The molecule has 0 aromatic carbocycles. The molecule has 4 aromatic rings. The molecular weight excluding hydrogens is 352 g/mol. The number of pyridine rings is 2. The van der Waals surface area contributed by atoms with Crippen LogP contribution in [0, 0.1) is 0 Å². The Bertz CT molecular complexity index is 1080. The van der Waals surface area contributed by atoms with Crippen LogP contribution in [0.3, 0.4) is 0 Å². The molecule has 4 heterocycles. The van der Waals surface area contributed by atoms with Gasteiger partial charge in [0.05, 0.1) is 17.4 Å². The summed E-state index contributed by atoms with van der Waals surface area (Å²) in [6.45, 7) is 4.15. The third-order valence-corrected chi connectivity index (χ3v) is 4.01. The summed E-state index contributed by atoms with van der Waals surface area (Å²) in [5.74, 6) is 0.658. The summed E-state index contributed by atoms with van der Waals surface area (Å²) in [6, 6.07) is 4.01. The number of anilines is 1. The molecule has 0 saturated heterocycles. The van der Waals surface area contributed by atoms with E-state index in [1.807, 2.05) is 25.4 Å². The molecule has 8 nitrogen and oxygen atoms in total. The molecule has 0 bridgehead atoms. The van der Waals surface area contributed by atoms with Crippen LogP contribution in [-0.4, -0.2) is 40.8 Å². The lowest BCUT2D eigenvalue weighted by molar-refractivity contribution is 0.715. The minimum Gasteiger partial charge on any atom is -0.382 e. The summed E-state index contributed by atoms with van der Waals surface area (Å²) in [7, 11) is 1.83. The standard InChI is InChI=1S/C17H17ClN8/c1-10(2)22-14-5-16(19-8-13(14)15-9-25(3)24-23-15)26-17-11(6-21-26)4-12(18)7-20-17/h4-10H,1-3H3,(H,19,22). The van der Waals surface area contributed by atoms with Gasteiger partial charge in [0, 0.05) is 48.2 Å². The van der Waals surface area contributed by atoms with E-state index in [9.17, 15) is 0 Å². The molecule has 0 aliphatic carbocycles. The van der Waals surface area contributed by atoms with Crippen molar-refractivity contribution in [2.75, 3.05) is 5.32 Å². The first kappa shape index (κ1) is 16.5. The number of halogens is 1. The Kier molecular flexibility index (Phi) is 4.04. The minimum atomic E-state index is 0.243. The smallest absolute Gasteiger partial charge is 0.164 e. The van der Waals surface area contributed by atoms with Gasteiger partial charge >= 0.3 is 0 Å². The van der Waals surface area contributed by atoms with Gasteiger partial charge in [0.15, 0.2) is 11.5 Å². The number of nitrogens with one attached hydrogen (secondary N) is 1. The fraction of sp³-hybridized carbons (Fsp3) is 0.235. The molecule has 0 fully saturated rings. The van der Waals surface area contributed by atoms with Gasteiger partial charge in [0.2, 0.25) is 0 Å². The van der Waals surface area contributed by atoms with Crippen LogP contribution >= 0.6 is 11.6 Å². The van der Waals surface area contributed by atoms with Gasteiger partial charge in [-0.2, -0.15) is 9.78 Å². The van der Waals surface area contributed by atoms with Crippen molar-refractivity contribution in [2.45, 2.75) is 19.9 Å². The van der Waals surface area contributed by atoms with Crippen LogP contribution in [0.4, 0.5) is 5.69 Å². The lowest BCUT2D eigenvalue weighted by atomic mass is 10.1. The van der Waals surface area contributed by atoms with E-state index >= 15 is 0 Å². The van der Waals surface area contributed by atoms with Gasteiger partial charge in [0.1, 0.15) is 5.69 Å². The number of rotatable bonds is 4. The molecule has 0 amide bonds. The predicted octanol–water partition coefficient (Wildman–Crippen LogP) is 3.08. The summed E-state index contributed by atoms with van der Waals surface area (Å²) >= 11 is 6.01. The van der Waals surface area contributed by atoms with E-state index in [1.165, 1.54) is 0 Å². The van der Waals surface area contributed by atoms with E-state index in [0.717, 1.165) is 22.3 Å². The zero-order chi connectivity index (χ0) is 18.3. The topological polar surface area (TPSA) is 86.3 Å². The zero-order valence-electron chi connectivity index (χ0n) is 14.5. The molecule has 0 aliphatic rings. The fourth-order valence-corrected chi connectivity index (χ4v) is 2.89. The van der Waals surface area contributed by atoms with E-state index in [4.69, 9.17) is 11.6 Å². The molecule has 1 N–H and O–H groups in total. The summed E-state index contributed by atoms with van der Waals surface area (Å²) in [4.78, 5) is 8.93. The van der Waals surface area contributed by atoms with Crippen LogP contribution < -0.4 is 5.32 Å². The van der Waals surface area contributed by atoms with Crippen LogP contribution in [0.2, 0.25) is 5.02 Å². The Morgan fingerprint density at radius 3 is 2.69 bits per heavy atom. The first-order chi connectivity index (χ1) is 12.5. The third-order valence-electron chi connectivity index (χ3n) is 3.80. The first-order valence-electron chi connectivity index (χ1n) is 8.14. The van der Waals surface area contributed by atoms with E-state index in [2.05, 4.69) is 44.5 Å². The molecule has 0 spiro atoms. The summed E-state index contributed by atoms with van der Waals surface area (Å²) in [6.07, 6.45) is 6.95. The van der Waals surface area contributed by atoms with Crippen molar-refractivity contribution in [1.29, 1.82) is 0 Å². The SMILES string of the molecule is CC(C)Nc1cc(-n2ncc3cc(Cl)cnc32)ncc1-c1cn(C)nn1. The number of aromatic nitrogens is 7. The first-order valence-corrected chi connectivity index (χ1v) is 8.52. The highest BCUT2D eigenvalue weighted by Gasteiger charge is 2.14. The molecule has 0 aliphatic heterocycles. The van der Waals surface area contributed by atoms with Crippen molar-refractivity contribution >= 4 is 28.3 Å². The maximum atomic E-state index is 6.01. The molecule has 0 atom stereocenters. The van der Waals surface area contributed by atoms with Crippen LogP contribution in [0.25, 0.3) is 28.1 Å². The maximum absolute atomic E-state index is 6.01. The van der Waals surface area contributed by atoms with Crippen molar-refractivity contribution < 1.29 is 0 Å². The molecule has 0 unspecified atom stereocenters. The fourth-order valence-electron chi connectivity index (χ4n) is 2.73. The second-order valence-corrected chi connectivity index (χ2v) is 6.72. The van der Waals surface area contributed by atoms with Crippen molar-refractivity contribution in [3.63, 3.8) is 0 Å². The highest BCUT2D eigenvalue weighted by molar-refractivity contribution is 6.31. The average molecular weight is 369 g/mol. The van der Waals surface area contributed by atoms with Crippen molar-refractivity contribution in [3.05, 3.63) is 41.9 Å². The van der Waals surface area contributed by atoms with Crippen molar-refractivity contribution in [3.8, 4) is 17.1 Å². The molecular formula is C17H17ClN8. The van der Waals surface area contributed by atoms with Gasteiger partial charge in [-0.05, 0) is 19.9 Å². The summed E-state index contributed by atoms with van der Waals surface area (Å²) < 4.78 is 3.36. The van der Waals surface area contributed by atoms with Crippen LogP contribution in [0.15, 0.2) is 36.9 Å². The van der Waals surface area contributed by atoms with E-state index in [0.29, 0.717) is 16.5 Å². The molecule has 26 heavy (non-hydrogen) atoms. The molecule has 4 rings (SSSR count). The Hall–Kier alpha value is -3.00. The zero-order valence-corrected chi connectivity index (χ0v) is 15.3. The number of fused-ring (bicyclic) bond motifs is 1. The molecule has 0 saturated carbocycles. The number of nitrogens with zero attached hydrogens (tertiary/aromatic N) is 7. The van der Waals surface area contributed by atoms with Gasteiger partial charge < -0.3 is 5.32 Å². The molecule has 132 valence electrons. The largest absolute Gasteiger partial charge is 0.382 e. The molecule has 9 heteroatoms. The lowest BCUT2D eigenvalue weighted by Gasteiger charge is -2.14. The average Bonchev–Trinajstić information content (AvgIpc) is 3.20. The molecule has 0 radical (unpaired) electrons. The quantitative estimate of drug-likeness (QED) is 0.595. The van der Waals surface area contributed by atoms with Crippen LogP contribution in [0.5, 0.6) is 0 Å². The van der Waals surface area contributed by atoms with Gasteiger partial charge in [-0.25, -0.2) is 9.97 Å². The highest BCUT2D eigenvalue weighted by Crippen LogP contribution is 2.28. The predicted molar refractivity (Wildman–Crippen MR) is 100 cm³/mol. The summed E-state index contributed by atoms with van der Waals surface area (Å²) in [5.41, 5.74) is 3.24. The second-order valence-electron chi connectivity index (χ2n) is 6.29. The van der Waals surface area contributed by atoms with Gasteiger partial charge in [-0.15, -0.1) is 5.10 Å². The van der Waals surface area contributed by atoms with Gasteiger partial charge in [-0.1, -0.05) is 16.8 Å². The summed E-state index contributed by atoms with van der Waals surface area (Å²) in [5, 5.41) is 17.5. The second kappa shape index (κ2) is 6.38. The van der Waals surface area contributed by atoms with Crippen molar-refractivity contribution in [1.82, 2.24) is 34.7 Å². The van der Waals surface area contributed by atoms with Gasteiger partial charge in [-0.3, -0.25) is 4.68 Å². The highest BCUT2D eigenvalue weighted by atomic mass is 35.5. The minimum absolute atomic E-state index is 0.243. The Labute approximate surface area is 154 Å². The monoisotopic (exact) mass is 368 g/mol. The van der Waals surface area contributed by atoms with E-state index in [1.54, 1.807) is 28.0 Å². The Morgan fingerprint density at radius 1 is 1.12 bits per heavy atom. The lowest BCUT2D eigenvalue weighted by Crippen LogP contribution is -2.12. The third kappa shape index (κ3) is 2.99. The number of aryl methyl sites for hydroxylation is 1. The van der Waals surface area contributed by atoms with E-state index in [-0.39, 0.29) is 6.04 Å². The van der Waals surface area contributed by atoms with Crippen LogP contribution in [0.1, 0.15) is 13.8 Å².